The van der Waals surface area contributed by atoms with Crippen molar-refractivity contribution in [3.05, 3.63) is 69.2 Å². The maximum atomic E-state index is 12.8. The molecule has 3 rings (SSSR count). The van der Waals surface area contributed by atoms with Gasteiger partial charge in [0, 0.05) is 9.50 Å². The molecule has 0 aliphatic carbocycles. The zero-order valence-corrected chi connectivity index (χ0v) is 14.7. The van der Waals surface area contributed by atoms with E-state index < -0.39 is 11.6 Å². The van der Waals surface area contributed by atoms with Gasteiger partial charge < -0.3 is 5.32 Å². The van der Waals surface area contributed by atoms with Crippen molar-refractivity contribution in [2.45, 2.75) is 19.0 Å². The summed E-state index contributed by atoms with van der Waals surface area (Å²) in [6, 6.07) is 14.0. The molecule has 2 aromatic rings. The van der Waals surface area contributed by atoms with Gasteiger partial charge in [-0.2, -0.15) is 0 Å². The van der Waals surface area contributed by atoms with E-state index in [0.717, 1.165) is 10.0 Å². The van der Waals surface area contributed by atoms with Crippen molar-refractivity contribution in [1.29, 1.82) is 0 Å². The molecule has 1 heterocycles. The summed E-state index contributed by atoms with van der Waals surface area (Å²) in [5, 5.41) is 3.37. The van der Waals surface area contributed by atoms with Crippen LogP contribution < -0.4 is 5.32 Å². The summed E-state index contributed by atoms with van der Waals surface area (Å²) in [5.74, 6) is -0.271. The molecule has 1 aliphatic heterocycles. The third-order valence-corrected chi connectivity index (χ3v) is 4.73. The number of carbonyl (C=O) groups excluding carboxylic acids is 2. The van der Waals surface area contributed by atoms with Gasteiger partial charge in [0.15, 0.2) is 0 Å². The molecule has 1 atom stereocenters. The Morgan fingerprint density at radius 2 is 1.70 bits per heavy atom. The molecule has 6 heteroatoms. The van der Waals surface area contributed by atoms with Crippen LogP contribution in [0.2, 0.25) is 5.02 Å². The number of carbonyl (C=O) groups is 2. The van der Waals surface area contributed by atoms with Crippen LogP contribution in [-0.2, 0) is 16.9 Å². The summed E-state index contributed by atoms with van der Waals surface area (Å²) in [7, 11) is 0. The lowest BCUT2D eigenvalue weighted by molar-refractivity contribution is -0.131. The molecule has 0 spiro atoms. The van der Waals surface area contributed by atoms with Gasteiger partial charge in [-0.3, -0.25) is 9.69 Å². The van der Waals surface area contributed by atoms with E-state index in [0.29, 0.717) is 10.6 Å². The topological polar surface area (TPSA) is 49.4 Å². The van der Waals surface area contributed by atoms with Crippen LogP contribution in [0.5, 0.6) is 0 Å². The van der Waals surface area contributed by atoms with E-state index in [2.05, 4.69) is 21.2 Å². The fraction of sp³-hybridized carbons (Fsp3) is 0.176. The average Bonchev–Trinajstić information content (AvgIpc) is 2.74. The second-order valence-electron chi connectivity index (χ2n) is 5.58. The lowest BCUT2D eigenvalue weighted by atomic mass is 9.92. The highest BCUT2D eigenvalue weighted by Crippen LogP contribution is 2.30. The molecular weight excluding hydrogens is 380 g/mol. The van der Waals surface area contributed by atoms with Crippen molar-refractivity contribution < 1.29 is 9.59 Å². The molecule has 0 radical (unpaired) electrons. The first-order chi connectivity index (χ1) is 10.9. The minimum atomic E-state index is -1.07. The van der Waals surface area contributed by atoms with E-state index in [4.69, 9.17) is 11.6 Å². The Morgan fingerprint density at radius 1 is 1.09 bits per heavy atom. The Labute approximate surface area is 147 Å². The van der Waals surface area contributed by atoms with Crippen molar-refractivity contribution in [1.82, 2.24) is 10.2 Å². The Hall–Kier alpha value is -1.85. The van der Waals surface area contributed by atoms with Crippen LogP contribution in [-0.4, -0.2) is 16.8 Å². The van der Waals surface area contributed by atoms with Crippen LogP contribution in [0.25, 0.3) is 0 Å². The molecule has 2 aromatic carbocycles. The largest absolute Gasteiger partial charge is 0.325 e. The summed E-state index contributed by atoms with van der Waals surface area (Å²) in [6.07, 6.45) is 0. The Kier molecular flexibility index (Phi) is 4.17. The normalized spacial score (nSPS) is 20.7. The van der Waals surface area contributed by atoms with Crippen LogP contribution in [0.4, 0.5) is 4.79 Å². The summed E-state index contributed by atoms with van der Waals surface area (Å²) in [6.45, 7) is 1.94. The zero-order valence-electron chi connectivity index (χ0n) is 12.3. The predicted molar refractivity (Wildman–Crippen MR) is 92.0 cm³/mol. The van der Waals surface area contributed by atoms with E-state index in [9.17, 15) is 9.59 Å². The molecule has 1 fully saturated rings. The molecule has 0 saturated carbocycles. The fourth-order valence-corrected chi connectivity index (χ4v) is 2.98. The first-order valence-corrected chi connectivity index (χ1v) is 8.22. The molecule has 1 aliphatic rings. The second-order valence-corrected chi connectivity index (χ2v) is 6.93. The maximum absolute atomic E-state index is 12.8. The molecule has 0 aromatic heterocycles. The summed E-state index contributed by atoms with van der Waals surface area (Å²) >= 11 is 9.26. The van der Waals surface area contributed by atoms with Gasteiger partial charge in [0.1, 0.15) is 5.54 Å². The fourth-order valence-electron chi connectivity index (χ4n) is 2.59. The van der Waals surface area contributed by atoms with Gasteiger partial charge >= 0.3 is 6.03 Å². The van der Waals surface area contributed by atoms with Crippen molar-refractivity contribution in [2.75, 3.05) is 0 Å². The molecule has 23 heavy (non-hydrogen) atoms. The van der Waals surface area contributed by atoms with Crippen LogP contribution in [0.1, 0.15) is 18.1 Å². The Morgan fingerprint density at radius 3 is 2.30 bits per heavy atom. The molecule has 1 N–H and O–H groups in total. The quantitative estimate of drug-likeness (QED) is 0.799. The van der Waals surface area contributed by atoms with Gasteiger partial charge in [0.25, 0.3) is 5.91 Å². The number of benzene rings is 2. The number of amides is 3. The van der Waals surface area contributed by atoms with E-state index >= 15 is 0 Å². The molecule has 118 valence electrons. The Bertz CT molecular complexity index is 761. The number of halogens is 2. The lowest BCUT2D eigenvalue weighted by Gasteiger charge is -2.22. The van der Waals surface area contributed by atoms with Crippen molar-refractivity contribution >= 4 is 39.5 Å². The maximum Gasteiger partial charge on any atom is 0.325 e. The van der Waals surface area contributed by atoms with Gasteiger partial charge in [-0.1, -0.05) is 51.8 Å². The van der Waals surface area contributed by atoms with Crippen molar-refractivity contribution in [3.8, 4) is 0 Å². The van der Waals surface area contributed by atoms with Gasteiger partial charge in [0.2, 0.25) is 0 Å². The third-order valence-electron chi connectivity index (χ3n) is 3.95. The first kappa shape index (κ1) is 16.0. The molecule has 4 nitrogen and oxygen atoms in total. The highest BCUT2D eigenvalue weighted by atomic mass is 79.9. The number of urea groups is 1. The van der Waals surface area contributed by atoms with Gasteiger partial charge in [-0.05, 0) is 42.3 Å². The first-order valence-electron chi connectivity index (χ1n) is 7.05. The van der Waals surface area contributed by atoms with Crippen LogP contribution in [0.3, 0.4) is 0 Å². The number of hydrogen-bond acceptors (Lipinski definition) is 2. The summed E-state index contributed by atoms with van der Waals surface area (Å²) in [5.41, 5.74) is 0.521. The van der Waals surface area contributed by atoms with Crippen LogP contribution >= 0.6 is 27.5 Å². The highest BCUT2D eigenvalue weighted by Gasteiger charge is 2.48. The van der Waals surface area contributed by atoms with E-state index in [1.807, 2.05) is 24.3 Å². The highest BCUT2D eigenvalue weighted by molar-refractivity contribution is 9.10. The number of nitrogens with zero attached hydrogens (tertiary/aromatic N) is 1. The lowest BCUT2D eigenvalue weighted by Crippen LogP contribution is -2.40. The monoisotopic (exact) mass is 392 g/mol. The minimum absolute atomic E-state index is 0.237. The second kappa shape index (κ2) is 5.98. The molecule has 0 bridgehead atoms. The van der Waals surface area contributed by atoms with Gasteiger partial charge in [0.05, 0.1) is 6.54 Å². The number of nitrogens with one attached hydrogen (secondary N) is 1. The predicted octanol–water partition coefficient (Wildman–Crippen LogP) is 4.07. The van der Waals surface area contributed by atoms with Crippen molar-refractivity contribution in [3.63, 3.8) is 0 Å². The summed E-state index contributed by atoms with van der Waals surface area (Å²) < 4.78 is 0.949. The number of imide groups is 1. The number of rotatable bonds is 3. The molecule has 1 saturated heterocycles. The molecule has 0 unspecified atom stereocenters. The van der Waals surface area contributed by atoms with E-state index in [-0.39, 0.29) is 12.5 Å². The molecular formula is C17H14BrClN2O2. The minimum Gasteiger partial charge on any atom is -0.319 e. The van der Waals surface area contributed by atoms with E-state index in [1.165, 1.54) is 4.90 Å². The SMILES string of the molecule is C[C@@]1(c2ccc(Cl)cc2)NC(=O)N(Cc2ccc(Br)cc2)C1=O. The third kappa shape index (κ3) is 2.99. The zero-order chi connectivity index (χ0) is 16.6. The van der Waals surface area contributed by atoms with Gasteiger partial charge in [-0.15, -0.1) is 0 Å². The summed E-state index contributed by atoms with van der Waals surface area (Å²) in [4.78, 5) is 26.3. The molecule has 3 amide bonds. The van der Waals surface area contributed by atoms with Crippen LogP contribution in [0, 0.1) is 0 Å². The van der Waals surface area contributed by atoms with E-state index in [1.54, 1.807) is 31.2 Å². The van der Waals surface area contributed by atoms with Crippen LogP contribution in [0.15, 0.2) is 53.0 Å². The van der Waals surface area contributed by atoms with Gasteiger partial charge in [-0.25, -0.2) is 4.79 Å². The standard InChI is InChI=1S/C17H14BrClN2O2/c1-17(12-4-8-14(19)9-5-12)15(22)21(16(23)20-17)10-11-2-6-13(18)7-3-11/h2-9H,10H2,1H3,(H,20,23)/t17-/m0/s1. The number of hydrogen-bond donors (Lipinski definition) is 1. The Balaban J connectivity index is 1.87. The van der Waals surface area contributed by atoms with Crippen molar-refractivity contribution in [2.24, 2.45) is 0 Å². The average molecular weight is 394 g/mol. The smallest absolute Gasteiger partial charge is 0.319 e.